The van der Waals surface area contributed by atoms with Gasteiger partial charge in [0.1, 0.15) is 0 Å². The molecule has 1 rings (SSSR count). The van der Waals surface area contributed by atoms with Crippen molar-refractivity contribution in [3.63, 3.8) is 0 Å². The fourth-order valence-corrected chi connectivity index (χ4v) is 2.17. The number of carbonyl (C=O) groups is 1. The van der Waals surface area contributed by atoms with Crippen LogP contribution in [-0.2, 0) is 11.3 Å². The molecule has 0 spiro atoms. The van der Waals surface area contributed by atoms with E-state index in [-0.39, 0.29) is 12.1 Å². The Bertz CT molecular complexity index is 402. The van der Waals surface area contributed by atoms with Gasteiger partial charge in [0.05, 0.1) is 18.5 Å². The fraction of sp³-hybridized carbons (Fsp3) is 0.714. The maximum Gasteiger partial charge on any atom is 0.322 e. The Kier molecular flexibility index (Phi) is 7.08. The number of amides is 2. The molecule has 0 aliphatic carbocycles. The highest BCUT2D eigenvalue weighted by Gasteiger charge is 2.21. The van der Waals surface area contributed by atoms with E-state index in [0.29, 0.717) is 13.2 Å². The molecule has 0 unspecified atom stereocenters. The summed E-state index contributed by atoms with van der Waals surface area (Å²) in [6.07, 6.45) is 5.37. The van der Waals surface area contributed by atoms with E-state index >= 15 is 0 Å². The summed E-state index contributed by atoms with van der Waals surface area (Å²) in [5, 5.41) is 7.06. The molecule has 114 valence electrons. The molecule has 2 amide bonds. The summed E-state index contributed by atoms with van der Waals surface area (Å²) in [6, 6.07) is 0.137. The molecule has 6 heteroatoms. The van der Waals surface area contributed by atoms with Crippen LogP contribution in [0.3, 0.4) is 0 Å². The van der Waals surface area contributed by atoms with E-state index in [0.717, 1.165) is 25.1 Å². The summed E-state index contributed by atoms with van der Waals surface area (Å²) in [6.45, 7) is 8.12. The standard InChI is InChI=1S/C14H26N4O2/c1-5-13(6-2)18(8-9-20-4)14(19)16-12-10-15-17(7-3)11-12/h10-11,13H,5-9H2,1-4H3,(H,16,19). The van der Waals surface area contributed by atoms with Crippen molar-refractivity contribution < 1.29 is 9.53 Å². The van der Waals surface area contributed by atoms with Gasteiger partial charge in [0.15, 0.2) is 0 Å². The summed E-state index contributed by atoms with van der Waals surface area (Å²) in [7, 11) is 1.65. The predicted molar refractivity (Wildman–Crippen MR) is 79.9 cm³/mol. The number of nitrogens with zero attached hydrogens (tertiary/aromatic N) is 3. The number of aryl methyl sites for hydroxylation is 1. The van der Waals surface area contributed by atoms with Gasteiger partial charge < -0.3 is 15.0 Å². The summed E-state index contributed by atoms with van der Waals surface area (Å²) < 4.78 is 6.88. The summed E-state index contributed by atoms with van der Waals surface area (Å²) in [4.78, 5) is 14.2. The molecule has 0 saturated carbocycles. The maximum absolute atomic E-state index is 12.4. The van der Waals surface area contributed by atoms with Gasteiger partial charge in [0.2, 0.25) is 0 Å². The normalized spacial score (nSPS) is 10.8. The number of carbonyl (C=O) groups excluding carboxylic acids is 1. The molecule has 0 bridgehead atoms. The fourth-order valence-electron chi connectivity index (χ4n) is 2.17. The van der Waals surface area contributed by atoms with E-state index in [4.69, 9.17) is 4.74 Å². The number of urea groups is 1. The molecule has 0 fully saturated rings. The summed E-state index contributed by atoms with van der Waals surface area (Å²) in [5.41, 5.74) is 0.727. The number of rotatable bonds is 8. The van der Waals surface area contributed by atoms with E-state index in [1.807, 2.05) is 18.0 Å². The Balaban J connectivity index is 2.70. The Morgan fingerprint density at radius 3 is 2.65 bits per heavy atom. The lowest BCUT2D eigenvalue weighted by Gasteiger charge is -2.30. The number of ether oxygens (including phenoxy) is 1. The summed E-state index contributed by atoms with van der Waals surface area (Å²) in [5.74, 6) is 0. The van der Waals surface area contributed by atoms with Crippen LogP contribution in [-0.4, -0.2) is 47.0 Å². The van der Waals surface area contributed by atoms with Gasteiger partial charge in [-0.1, -0.05) is 13.8 Å². The van der Waals surface area contributed by atoms with E-state index in [2.05, 4.69) is 24.3 Å². The number of hydrogen-bond donors (Lipinski definition) is 1. The Morgan fingerprint density at radius 2 is 2.15 bits per heavy atom. The van der Waals surface area contributed by atoms with Crippen LogP contribution in [0.15, 0.2) is 12.4 Å². The van der Waals surface area contributed by atoms with Crippen LogP contribution in [0.2, 0.25) is 0 Å². The molecule has 0 aliphatic rings. The van der Waals surface area contributed by atoms with Gasteiger partial charge in [0, 0.05) is 32.4 Å². The molecule has 0 aromatic carbocycles. The highest BCUT2D eigenvalue weighted by Crippen LogP contribution is 2.12. The highest BCUT2D eigenvalue weighted by molar-refractivity contribution is 5.89. The molecular formula is C14H26N4O2. The molecule has 0 radical (unpaired) electrons. The number of nitrogens with one attached hydrogen (secondary N) is 1. The lowest BCUT2D eigenvalue weighted by atomic mass is 10.1. The smallest absolute Gasteiger partial charge is 0.322 e. The average Bonchev–Trinajstić information content (AvgIpc) is 2.91. The van der Waals surface area contributed by atoms with Crippen LogP contribution in [0.5, 0.6) is 0 Å². The molecule has 1 aromatic rings. The molecule has 0 aliphatic heterocycles. The second-order valence-electron chi connectivity index (χ2n) is 4.67. The minimum absolute atomic E-state index is 0.0913. The monoisotopic (exact) mass is 282 g/mol. The molecule has 1 aromatic heterocycles. The van der Waals surface area contributed by atoms with E-state index in [1.165, 1.54) is 0 Å². The van der Waals surface area contributed by atoms with Gasteiger partial charge in [-0.05, 0) is 19.8 Å². The number of aromatic nitrogens is 2. The number of anilines is 1. The third kappa shape index (κ3) is 4.52. The van der Waals surface area contributed by atoms with Crippen molar-refractivity contribution in [2.75, 3.05) is 25.6 Å². The maximum atomic E-state index is 12.4. The third-order valence-electron chi connectivity index (χ3n) is 3.39. The van der Waals surface area contributed by atoms with Crippen molar-refractivity contribution in [2.24, 2.45) is 0 Å². The quantitative estimate of drug-likeness (QED) is 0.797. The van der Waals surface area contributed by atoms with E-state index < -0.39 is 0 Å². The van der Waals surface area contributed by atoms with Crippen molar-refractivity contribution in [3.8, 4) is 0 Å². The van der Waals surface area contributed by atoms with Gasteiger partial charge in [-0.2, -0.15) is 5.10 Å². The predicted octanol–water partition coefficient (Wildman–Crippen LogP) is 2.57. The van der Waals surface area contributed by atoms with Crippen molar-refractivity contribution >= 4 is 11.7 Å². The van der Waals surface area contributed by atoms with Crippen LogP contribution < -0.4 is 5.32 Å². The molecule has 6 nitrogen and oxygen atoms in total. The minimum atomic E-state index is -0.0913. The molecular weight excluding hydrogens is 256 g/mol. The van der Waals surface area contributed by atoms with Crippen molar-refractivity contribution in [1.82, 2.24) is 14.7 Å². The first-order valence-corrected chi connectivity index (χ1v) is 7.25. The van der Waals surface area contributed by atoms with Gasteiger partial charge in [-0.15, -0.1) is 0 Å². The second-order valence-corrected chi connectivity index (χ2v) is 4.67. The van der Waals surface area contributed by atoms with E-state index in [9.17, 15) is 4.79 Å². The number of hydrogen-bond acceptors (Lipinski definition) is 3. The molecule has 0 atom stereocenters. The SMILES string of the molecule is CCC(CC)N(CCOC)C(=O)Nc1cnn(CC)c1. The van der Waals surface area contributed by atoms with Crippen LogP contribution in [0.25, 0.3) is 0 Å². The highest BCUT2D eigenvalue weighted by atomic mass is 16.5. The largest absolute Gasteiger partial charge is 0.383 e. The Morgan fingerprint density at radius 1 is 1.45 bits per heavy atom. The zero-order valence-corrected chi connectivity index (χ0v) is 12.9. The second kappa shape index (κ2) is 8.58. The van der Waals surface area contributed by atoms with Crippen LogP contribution in [0.4, 0.5) is 10.5 Å². The van der Waals surface area contributed by atoms with Gasteiger partial charge >= 0.3 is 6.03 Å². The zero-order chi connectivity index (χ0) is 15.0. The van der Waals surface area contributed by atoms with Crippen molar-refractivity contribution in [2.45, 2.75) is 46.2 Å². The first-order chi connectivity index (χ1) is 9.65. The van der Waals surface area contributed by atoms with Crippen LogP contribution >= 0.6 is 0 Å². The van der Waals surface area contributed by atoms with E-state index in [1.54, 1.807) is 18.0 Å². The van der Waals surface area contributed by atoms with Crippen LogP contribution in [0.1, 0.15) is 33.6 Å². The first kappa shape index (κ1) is 16.5. The Hall–Kier alpha value is -1.56. The average molecular weight is 282 g/mol. The van der Waals surface area contributed by atoms with Gasteiger partial charge in [0.25, 0.3) is 0 Å². The van der Waals surface area contributed by atoms with Crippen molar-refractivity contribution in [1.29, 1.82) is 0 Å². The van der Waals surface area contributed by atoms with Gasteiger partial charge in [-0.3, -0.25) is 4.68 Å². The molecule has 20 heavy (non-hydrogen) atoms. The zero-order valence-electron chi connectivity index (χ0n) is 12.9. The molecule has 1 heterocycles. The van der Waals surface area contributed by atoms with Gasteiger partial charge in [-0.25, -0.2) is 4.79 Å². The molecule has 1 N–H and O–H groups in total. The summed E-state index contributed by atoms with van der Waals surface area (Å²) >= 11 is 0. The lowest BCUT2D eigenvalue weighted by molar-refractivity contribution is 0.133. The lowest BCUT2D eigenvalue weighted by Crippen LogP contribution is -2.44. The molecule has 0 saturated heterocycles. The van der Waals surface area contributed by atoms with Crippen molar-refractivity contribution in [3.05, 3.63) is 12.4 Å². The first-order valence-electron chi connectivity index (χ1n) is 7.25. The third-order valence-corrected chi connectivity index (χ3v) is 3.39. The Labute approximate surface area is 121 Å². The van der Waals surface area contributed by atoms with Crippen LogP contribution in [0, 0.1) is 0 Å². The minimum Gasteiger partial charge on any atom is -0.383 e. The topological polar surface area (TPSA) is 59.4 Å². The number of methoxy groups -OCH3 is 1.